The van der Waals surface area contributed by atoms with E-state index in [0.717, 1.165) is 53.3 Å². The van der Waals surface area contributed by atoms with Gasteiger partial charge in [0.15, 0.2) is 5.65 Å². The standard InChI is InChI=1S/C26H35ClN4O2.C2HF3O2/c1-3-22(4-2)33-25-13-12-23-24(19-32-17-16-30-14-6-5-7-15-30)29-31(26(23)28-25)18-20-8-10-21(27)11-9-20;3-2(4,5)1(6)7/h8-13,22H,3-7,14-19H2,1-2H3;(H,6,7). The van der Waals surface area contributed by atoms with Gasteiger partial charge in [0, 0.05) is 23.0 Å². The van der Waals surface area contributed by atoms with E-state index in [-0.39, 0.29) is 6.10 Å². The SMILES string of the molecule is CCC(CC)Oc1ccc2c(COCCN3CCCCC3)nn(Cc3ccc(Cl)cc3)c2n1.O=C(O)C(F)(F)F. The predicted molar refractivity (Wildman–Crippen MR) is 147 cm³/mol. The summed E-state index contributed by atoms with van der Waals surface area (Å²) in [5.74, 6) is -2.11. The Morgan fingerprint density at radius 3 is 2.33 bits per heavy atom. The van der Waals surface area contributed by atoms with Crippen molar-refractivity contribution in [3.8, 4) is 5.88 Å². The lowest BCUT2D eigenvalue weighted by Crippen LogP contribution is -2.32. The number of carboxylic acids is 1. The van der Waals surface area contributed by atoms with E-state index in [4.69, 9.17) is 41.1 Å². The first-order chi connectivity index (χ1) is 19.1. The van der Waals surface area contributed by atoms with Gasteiger partial charge in [0.1, 0.15) is 0 Å². The molecule has 1 saturated heterocycles. The molecule has 12 heteroatoms. The van der Waals surface area contributed by atoms with Crippen molar-refractivity contribution >= 4 is 28.6 Å². The maximum absolute atomic E-state index is 10.6. The maximum atomic E-state index is 10.6. The van der Waals surface area contributed by atoms with Crippen molar-refractivity contribution in [3.05, 3.63) is 52.7 Å². The number of carboxylic acid groups (broad SMARTS) is 1. The number of halogens is 4. The molecule has 3 aromatic rings. The predicted octanol–water partition coefficient (Wildman–Crippen LogP) is 6.34. The largest absolute Gasteiger partial charge is 0.490 e. The van der Waals surface area contributed by atoms with Gasteiger partial charge < -0.3 is 19.5 Å². The van der Waals surface area contributed by atoms with Crippen LogP contribution in [-0.2, 0) is 22.7 Å². The van der Waals surface area contributed by atoms with Gasteiger partial charge in [0.25, 0.3) is 0 Å². The van der Waals surface area contributed by atoms with E-state index in [1.165, 1.54) is 32.4 Å². The average molecular weight is 585 g/mol. The fourth-order valence-corrected chi connectivity index (χ4v) is 4.44. The fourth-order valence-electron chi connectivity index (χ4n) is 4.32. The van der Waals surface area contributed by atoms with Gasteiger partial charge in [0.2, 0.25) is 5.88 Å². The van der Waals surface area contributed by atoms with Crippen molar-refractivity contribution in [2.45, 2.75) is 71.4 Å². The number of aromatic nitrogens is 3. The monoisotopic (exact) mass is 584 g/mol. The van der Waals surface area contributed by atoms with Gasteiger partial charge in [-0.05, 0) is 62.5 Å². The number of hydrogen-bond donors (Lipinski definition) is 1. The molecule has 0 atom stereocenters. The number of aliphatic carboxylic acids is 1. The minimum absolute atomic E-state index is 0.167. The van der Waals surface area contributed by atoms with E-state index in [0.29, 0.717) is 19.0 Å². The molecule has 1 fully saturated rings. The molecule has 2 aromatic heterocycles. The maximum Gasteiger partial charge on any atom is 0.490 e. The molecule has 0 unspecified atom stereocenters. The number of ether oxygens (including phenoxy) is 2. The van der Waals surface area contributed by atoms with Gasteiger partial charge in [-0.25, -0.2) is 9.48 Å². The summed E-state index contributed by atoms with van der Waals surface area (Å²) in [5.41, 5.74) is 2.86. The van der Waals surface area contributed by atoms with Gasteiger partial charge in [0.05, 0.1) is 31.6 Å². The third-order valence-electron chi connectivity index (χ3n) is 6.57. The summed E-state index contributed by atoms with van der Waals surface area (Å²) in [4.78, 5) is 16.2. The summed E-state index contributed by atoms with van der Waals surface area (Å²) in [5, 5.41) is 13.7. The summed E-state index contributed by atoms with van der Waals surface area (Å²) in [7, 11) is 0. The molecular formula is C28H36ClF3N4O4. The molecule has 3 heterocycles. The highest BCUT2D eigenvalue weighted by atomic mass is 35.5. The Balaban J connectivity index is 0.000000559. The highest BCUT2D eigenvalue weighted by Gasteiger charge is 2.38. The quantitative estimate of drug-likeness (QED) is 0.263. The van der Waals surface area contributed by atoms with E-state index in [2.05, 4.69) is 24.8 Å². The number of carbonyl (C=O) groups is 1. The van der Waals surface area contributed by atoms with Crippen LogP contribution in [0.1, 0.15) is 57.2 Å². The molecule has 1 aliphatic heterocycles. The molecule has 0 amide bonds. The summed E-state index contributed by atoms with van der Waals surface area (Å²) < 4.78 is 45.8. The number of fused-ring (bicyclic) bond motifs is 1. The van der Waals surface area contributed by atoms with Crippen molar-refractivity contribution in [3.63, 3.8) is 0 Å². The molecule has 220 valence electrons. The van der Waals surface area contributed by atoms with Crippen LogP contribution >= 0.6 is 11.6 Å². The molecule has 0 bridgehead atoms. The van der Waals surface area contributed by atoms with Crippen LogP contribution in [0.15, 0.2) is 36.4 Å². The molecule has 8 nitrogen and oxygen atoms in total. The Labute approximate surface area is 237 Å². The van der Waals surface area contributed by atoms with Crippen molar-refractivity contribution in [1.82, 2.24) is 19.7 Å². The number of piperidine rings is 1. The van der Waals surface area contributed by atoms with Crippen molar-refractivity contribution in [2.24, 2.45) is 0 Å². The smallest absolute Gasteiger partial charge is 0.475 e. The molecule has 40 heavy (non-hydrogen) atoms. The Kier molecular flexibility index (Phi) is 12.0. The number of hydrogen-bond acceptors (Lipinski definition) is 6. The number of nitrogens with zero attached hydrogens (tertiary/aromatic N) is 4. The zero-order chi connectivity index (χ0) is 29.1. The molecular weight excluding hydrogens is 549 g/mol. The zero-order valence-corrected chi connectivity index (χ0v) is 23.5. The van der Waals surface area contributed by atoms with Crippen LogP contribution in [0.2, 0.25) is 5.02 Å². The second kappa shape index (κ2) is 15.2. The van der Waals surface area contributed by atoms with Crippen molar-refractivity contribution in [2.75, 3.05) is 26.2 Å². The van der Waals surface area contributed by atoms with Crippen LogP contribution in [0.3, 0.4) is 0 Å². The molecule has 0 radical (unpaired) electrons. The number of rotatable bonds is 11. The first-order valence-corrected chi connectivity index (χ1v) is 13.9. The third-order valence-corrected chi connectivity index (χ3v) is 6.82. The molecule has 1 aromatic carbocycles. The highest BCUT2D eigenvalue weighted by Crippen LogP contribution is 2.24. The summed E-state index contributed by atoms with van der Waals surface area (Å²) in [6, 6.07) is 11.9. The van der Waals surface area contributed by atoms with Gasteiger partial charge in [-0.15, -0.1) is 0 Å². The first-order valence-electron chi connectivity index (χ1n) is 13.5. The van der Waals surface area contributed by atoms with Crippen LogP contribution in [0, 0.1) is 0 Å². The van der Waals surface area contributed by atoms with Gasteiger partial charge in [-0.3, -0.25) is 0 Å². The van der Waals surface area contributed by atoms with Gasteiger partial charge >= 0.3 is 12.1 Å². The van der Waals surface area contributed by atoms with Crippen molar-refractivity contribution in [1.29, 1.82) is 0 Å². The van der Waals surface area contributed by atoms with E-state index < -0.39 is 12.1 Å². The lowest BCUT2D eigenvalue weighted by Gasteiger charge is -2.25. The fraction of sp³-hybridized carbons (Fsp3) is 0.536. The van der Waals surface area contributed by atoms with Crippen LogP contribution in [0.5, 0.6) is 5.88 Å². The zero-order valence-electron chi connectivity index (χ0n) is 22.8. The second-order valence-corrected chi connectivity index (χ2v) is 10.0. The Hall–Kier alpha value is -2.89. The third kappa shape index (κ3) is 9.64. The van der Waals surface area contributed by atoms with Crippen LogP contribution in [0.4, 0.5) is 13.2 Å². The normalized spacial score (nSPS) is 14.3. The number of pyridine rings is 1. The summed E-state index contributed by atoms with van der Waals surface area (Å²) >= 11 is 6.07. The van der Waals surface area contributed by atoms with Gasteiger partial charge in [-0.1, -0.05) is 44.0 Å². The Bertz CT molecular complexity index is 1210. The summed E-state index contributed by atoms with van der Waals surface area (Å²) in [6.45, 7) is 9.43. The molecule has 4 rings (SSSR count). The average Bonchev–Trinajstić information content (AvgIpc) is 3.27. The van der Waals surface area contributed by atoms with Crippen molar-refractivity contribution < 1.29 is 32.5 Å². The van der Waals surface area contributed by atoms with E-state index in [1.807, 2.05) is 35.0 Å². The molecule has 0 spiro atoms. The van der Waals surface area contributed by atoms with Crippen LogP contribution in [-0.4, -0.2) is 69.3 Å². The summed E-state index contributed by atoms with van der Waals surface area (Å²) in [6.07, 6.45) is 0.941. The Morgan fingerprint density at radius 2 is 1.73 bits per heavy atom. The second-order valence-electron chi connectivity index (χ2n) is 9.57. The highest BCUT2D eigenvalue weighted by molar-refractivity contribution is 6.30. The molecule has 0 saturated carbocycles. The van der Waals surface area contributed by atoms with E-state index >= 15 is 0 Å². The first kappa shape index (κ1) is 31.6. The molecule has 0 aliphatic carbocycles. The van der Waals surface area contributed by atoms with E-state index in [9.17, 15) is 13.2 Å². The lowest BCUT2D eigenvalue weighted by atomic mass is 10.1. The van der Waals surface area contributed by atoms with Crippen LogP contribution in [0.25, 0.3) is 11.0 Å². The molecule has 1 N–H and O–H groups in total. The number of benzene rings is 1. The minimum atomic E-state index is -5.08. The number of alkyl halides is 3. The van der Waals surface area contributed by atoms with Gasteiger partial charge in [-0.2, -0.15) is 23.3 Å². The Morgan fingerprint density at radius 1 is 1.07 bits per heavy atom. The molecule has 1 aliphatic rings. The minimum Gasteiger partial charge on any atom is -0.475 e. The lowest BCUT2D eigenvalue weighted by molar-refractivity contribution is -0.192. The van der Waals surface area contributed by atoms with Crippen LogP contribution < -0.4 is 4.74 Å². The number of likely N-dealkylation sites (tertiary alicyclic amines) is 1. The van der Waals surface area contributed by atoms with E-state index in [1.54, 1.807) is 0 Å². The topological polar surface area (TPSA) is 89.7 Å².